The monoisotopic (exact) mass is 117 g/mol. The Morgan fingerprint density at radius 2 is 2.33 bits per heavy atom. The van der Waals surface area contributed by atoms with E-state index in [1.165, 1.54) is 0 Å². The van der Waals surface area contributed by atoms with Crippen LogP contribution in [0.3, 0.4) is 0 Å². The fourth-order valence-electron chi connectivity index (χ4n) is 0.835. The number of aliphatic imine (C=N–C) groups is 1. The van der Waals surface area contributed by atoms with Gasteiger partial charge >= 0.3 is 0 Å². The molecule has 0 aromatic rings. The molecule has 0 unspecified atom stereocenters. The summed E-state index contributed by atoms with van der Waals surface area (Å²) in [5.74, 6) is 0. The summed E-state index contributed by atoms with van der Waals surface area (Å²) in [5, 5.41) is 4.08. The van der Waals surface area contributed by atoms with Crippen LogP contribution in [0.4, 0.5) is 0 Å². The highest BCUT2D eigenvalue weighted by atomic mass is 14.9. The van der Waals surface area contributed by atoms with Gasteiger partial charge in [0.2, 0.25) is 0 Å². The fourth-order valence-corrected chi connectivity index (χ4v) is 0.835. The van der Waals surface area contributed by atoms with Crippen LogP contribution >= 0.6 is 0 Å². The zero-order chi connectivity index (χ0) is 6.10. The summed E-state index contributed by atoms with van der Waals surface area (Å²) in [4.78, 5) is 3.94. The normalized spacial score (nSPS) is 20.4. The Hall–Kier alpha value is -1.31. The fraction of sp³-hybridized carbons (Fsp3) is 0. The maximum atomic E-state index is 4.08. The zero-order valence-corrected chi connectivity index (χ0v) is 4.78. The van der Waals surface area contributed by atoms with Crippen LogP contribution in [-0.4, -0.2) is 6.21 Å². The van der Waals surface area contributed by atoms with Gasteiger partial charge in [-0.2, -0.15) is 0 Å². The molecule has 0 amide bonds. The third-order valence-electron chi connectivity index (χ3n) is 1.28. The number of rotatable bonds is 0. The molecule has 0 fully saturated rings. The van der Waals surface area contributed by atoms with Crippen molar-refractivity contribution in [2.24, 2.45) is 4.99 Å². The summed E-state index contributed by atoms with van der Waals surface area (Å²) in [6.45, 7) is 0. The molecular weight excluding hydrogens is 112 g/mol. The number of hydrogen-bond donors (Lipinski definition) is 0. The van der Waals surface area contributed by atoms with Crippen molar-refractivity contribution in [2.75, 3.05) is 0 Å². The number of allylic oxidation sites excluding steroid dienone is 3. The van der Waals surface area contributed by atoms with Crippen molar-refractivity contribution >= 4 is 6.21 Å². The van der Waals surface area contributed by atoms with Crippen molar-refractivity contribution in [3.63, 3.8) is 0 Å². The maximum absolute atomic E-state index is 4.08. The first-order chi connectivity index (χ1) is 4.47. The average Bonchev–Trinajstić information content (AvgIpc) is 2.33. The van der Waals surface area contributed by atoms with Gasteiger partial charge in [0, 0.05) is 18.0 Å². The Morgan fingerprint density at radius 1 is 1.33 bits per heavy atom. The Bertz CT molecular complexity index is 244. The van der Waals surface area contributed by atoms with Crippen LogP contribution in [0.2, 0.25) is 0 Å². The summed E-state index contributed by atoms with van der Waals surface area (Å²) in [7, 11) is 0. The number of hydrogen-bond acceptors (Lipinski definition) is 1. The summed E-state index contributed by atoms with van der Waals surface area (Å²) < 4.78 is 0. The predicted molar refractivity (Wildman–Crippen MR) is 35.9 cm³/mol. The molecule has 2 rings (SSSR count). The van der Waals surface area contributed by atoms with E-state index >= 15 is 0 Å². The lowest BCUT2D eigenvalue weighted by molar-refractivity contribution is 1.06. The van der Waals surface area contributed by atoms with Crippen LogP contribution in [0.15, 0.2) is 40.8 Å². The molecule has 0 aromatic carbocycles. The summed E-state index contributed by atoms with van der Waals surface area (Å²) >= 11 is 0. The second-order valence-electron chi connectivity index (χ2n) is 1.89. The molecule has 0 N–H and O–H groups in total. The molecule has 2 aliphatic rings. The zero-order valence-electron chi connectivity index (χ0n) is 4.78. The van der Waals surface area contributed by atoms with Gasteiger partial charge in [0.15, 0.2) is 0 Å². The summed E-state index contributed by atoms with van der Waals surface area (Å²) in [6.07, 6.45) is 9.24. The van der Waals surface area contributed by atoms with Gasteiger partial charge in [-0.15, -0.1) is 0 Å². The highest BCUT2D eigenvalue weighted by Gasteiger charge is 2.08. The molecule has 1 radical (unpaired) electrons. The van der Waals surface area contributed by atoms with Crippen LogP contribution in [0.1, 0.15) is 0 Å². The first-order valence-corrected chi connectivity index (χ1v) is 2.78. The minimum absolute atomic E-state index is 0.970. The Morgan fingerprint density at radius 3 is 3.22 bits per heavy atom. The molecule has 0 bridgehead atoms. The van der Waals surface area contributed by atoms with Crippen molar-refractivity contribution in [1.29, 1.82) is 0 Å². The van der Waals surface area contributed by atoms with Gasteiger partial charge in [-0.1, -0.05) is 0 Å². The molecule has 0 saturated heterocycles. The lowest BCUT2D eigenvalue weighted by atomic mass is 10.2. The van der Waals surface area contributed by atoms with Crippen LogP contribution in [0, 0.1) is 0 Å². The predicted octanol–water partition coefficient (Wildman–Crippen LogP) is 0.970. The van der Waals surface area contributed by atoms with Crippen molar-refractivity contribution < 1.29 is 0 Å². The van der Waals surface area contributed by atoms with E-state index in [-0.39, 0.29) is 0 Å². The molecular formula is C7H5N2. The summed E-state index contributed by atoms with van der Waals surface area (Å²) in [6, 6.07) is 0. The van der Waals surface area contributed by atoms with E-state index < -0.39 is 0 Å². The van der Waals surface area contributed by atoms with Gasteiger partial charge in [0.25, 0.3) is 0 Å². The van der Waals surface area contributed by atoms with E-state index in [0.29, 0.717) is 0 Å². The molecule has 0 aliphatic carbocycles. The van der Waals surface area contributed by atoms with Gasteiger partial charge in [-0.3, -0.25) is 10.3 Å². The second-order valence-corrected chi connectivity index (χ2v) is 1.89. The van der Waals surface area contributed by atoms with Gasteiger partial charge in [0.05, 0.1) is 11.9 Å². The third-order valence-corrected chi connectivity index (χ3v) is 1.28. The Kier molecular flexibility index (Phi) is 0.803. The average molecular weight is 117 g/mol. The standard InChI is InChI=1S/C7H5N2/c1-2-6-4-8-5-7(6)9-3-1/h1-5H. The highest BCUT2D eigenvalue weighted by Crippen LogP contribution is 2.14. The van der Waals surface area contributed by atoms with Crippen LogP contribution in [0.5, 0.6) is 0 Å². The highest BCUT2D eigenvalue weighted by molar-refractivity contribution is 5.88. The number of fused-ring (bicyclic) bond motifs is 1. The van der Waals surface area contributed by atoms with E-state index in [4.69, 9.17) is 0 Å². The SMILES string of the molecule is C1=C[N]C2=CN=CC2=C1. The molecule has 0 aromatic heterocycles. The maximum Gasteiger partial charge on any atom is 0.0899 e. The molecule has 2 heterocycles. The van der Waals surface area contributed by atoms with E-state index in [2.05, 4.69) is 10.3 Å². The van der Waals surface area contributed by atoms with Crippen molar-refractivity contribution in [3.05, 3.63) is 35.8 Å². The van der Waals surface area contributed by atoms with E-state index in [0.717, 1.165) is 11.3 Å². The lowest BCUT2D eigenvalue weighted by Gasteiger charge is -2.01. The molecule has 2 aliphatic heterocycles. The molecule has 0 spiro atoms. The lowest BCUT2D eigenvalue weighted by Crippen LogP contribution is -2.00. The van der Waals surface area contributed by atoms with Gasteiger partial charge in [-0.25, -0.2) is 0 Å². The first-order valence-electron chi connectivity index (χ1n) is 2.78. The van der Waals surface area contributed by atoms with E-state index in [9.17, 15) is 0 Å². The molecule has 2 nitrogen and oxygen atoms in total. The topological polar surface area (TPSA) is 26.5 Å². The largest absolute Gasteiger partial charge is 0.262 e. The van der Waals surface area contributed by atoms with Crippen molar-refractivity contribution in [1.82, 2.24) is 5.32 Å². The van der Waals surface area contributed by atoms with Gasteiger partial charge < -0.3 is 0 Å². The van der Waals surface area contributed by atoms with Crippen LogP contribution in [0.25, 0.3) is 0 Å². The minimum Gasteiger partial charge on any atom is -0.262 e. The quantitative estimate of drug-likeness (QED) is 0.452. The molecule has 2 heteroatoms. The smallest absolute Gasteiger partial charge is 0.0899 e. The van der Waals surface area contributed by atoms with E-state index in [1.54, 1.807) is 12.4 Å². The minimum atomic E-state index is 0.970. The van der Waals surface area contributed by atoms with Gasteiger partial charge in [0.1, 0.15) is 0 Å². The summed E-state index contributed by atoms with van der Waals surface area (Å²) in [5.41, 5.74) is 2.08. The van der Waals surface area contributed by atoms with Crippen molar-refractivity contribution in [2.45, 2.75) is 0 Å². The van der Waals surface area contributed by atoms with Crippen LogP contribution < -0.4 is 5.32 Å². The van der Waals surface area contributed by atoms with Gasteiger partial charge in [-0.05, 0) is 12.2 Å². The molecule has 43 valence electrons. The van der Waals surface area contributed by atoms with Crippen LogP contribution in [-0.2, 0) is 0 Å². The van der Waals surface area contributed by atoms with E-state index in [1.807, 2.05) is 18.4 Å². The first kappa shape index (κ1) is 4.56. The Labute approximate surface area is 53.3 Å². The third kappa shape index (κ3) is 0.598. The molecule has 9 heavy (non-hydrogen) atoms. The second kappa shape index (κ2) is 1.58. The molecule has 0 atom stereocenters. The Balaban J connectivity index is 2.46. The molecule has 0 saturated carbocycles. The van der Waals surface area contributed by atoms with Crippen molar-refractivity contribution in [3.8, 4) is 0 Å². The number of nitrogens with zero attached hydrogens (tertiary/aromatic N) is 2.